The first-order chi connectivity index (χ1) is 14.1. The first-order valence-electron chi connectivity index (χ1n) is 8.77. The van der Waals surface area contributed by atoms with E-state index >= 15 is 0 Å². The van der Waals surface area contributed by atoms with E-state index in [2.05, 4.69) is 15.5 Å². The van der Waals surface area contributed by atoms with Crippen LogP contribution in [0.5, 0.6) is 17.2 Å². The number of methoxy groups -OCH3 is 3. The lowest BCUT2D eigenvalue weighted by molar-refractivity contribution is -0.112. The minimum atomic E-state index is -0.389. The topological polar surface area (TPSA) is 95.7 Å². The molecule has 1 N–H and O–H groups in total. The Kier molecular flexibility index (Phi) is 6.47. The van der Waals surface area contributed by atoms with Gasteiger partial charge in [-0.15, -0.1) is 5.10 Å². The molecule has 2 aromatic carbocycles. The first kappa shape index (κ1) is 19.9. The Hall–Kier alpha value is -3.81. The second-order valence-corrected chi connectivity index (χ2v) is 5.96. The van der Waals surface area contributed by atoms with Gasteiger partial charge < -0.3 is 18.6 Å². The summed E-state index contributed by atoms with van der Waals surface area (Å²) in [6.45, 7) is 0. The summed E-state index contributed by atoms with van der Waals surface area (Å²) < 4.78 is 21.0. The van der Waals surface area contributed by atoms with E-state index in [4.69, 9.17) is 18.6 Å². The highest BCUT2D eigenvalue weighted by atomic mass is 16.5. The standard InChI is InChI=1S/C21H21N3O5/c1-26-16-8-4-15(5-9-16)13-20-23-24-21(29-20)22-19(25)11-7-14-6-10-17(27-2)18(12-14)28-3/h4-12H,13H2,1-3H3,(H,22,24,25). The highest BCUT2D eigenvalue weighted by Gasteiger charge is 2.09. The Morgan fingerprint density at radius 3 is 2.45 bits per heavy atom. The van der Waals surface area contributed by atoms with Gasteiger partial charge >= 0.3 is 6.01 Å². The van der Waals surface area contributed by atoms with Crippen LogP contribution in [0.2, 0.25) is 0 Å². The van der Waals surface area contributed by atoms with Crippen molar-refractivity contribution in [1.29, 1.82) is 0 Å². The summed E-state index contributed by atoms with van der Waals surface area (Å²) in [5.74, 6) is 1.97. The molecule has 0 spiro atoms. The monoisotopic (exact) mass is 395 g/mol. The smallest absolute Gasteiger partial charge is 0.322 e. The third kappa shape index (κ3) is 5.35. The van der Waals surface area contributed by atoms with E-state index in [0.29, 0.717) is 23.8 Å². The molecule has 8 heteroatoms. The number of carbonyl (C=O) groups is 1. The molecule has 0 fully saturated rings. The quantitative estimate of drug-likeness (QED) is 0.585. The number of benzene rings is 2. The zero-order valence-electron chi connectivity index (χ0n) is 16.3. The van der Waals surface area contributed by atoms with E-state index in [0.717, 1.165) is 16.9 Å². The van der Waals surface area contributed by atoms with Gasteiger partial charge in [0.25, 0.3) is 5.91 Å². The van der Waals surface area contributed by atoms with E-state index in [-0.39, 0.29) is 11.9 Å². The summed E-state index contributed by atoms with van der Waals surface area (Å²) in [7, 11) is 4.73. The normalized spacial score (nSPS) is 10.7. The van der Waals surface area contributed by atoms with Crippen molar-refractivity contribution in [2.75, 3.05) is 26.6 Å². The number of rotatable bonds is 8. The number of nitrogens with one attached hydrogen (secondary N) is 1. The molecule has 0 atom stereocenters. The lowest BCUT2D eigenvalue weighted by Crippen LogP contribution is -2.07. The van der Waals surface area contributed by atoms with E-state index in [1.54, 1.807) is 39.5 Å². The molecule has 8 nitrogen and oxygen atoms in total. The molecule has 29 heavy (non-hydrogen) atoms. The van der Waals surface area contributed by atoms with Gasteiger partial charge in [-0.1, -0.05) is 23.3 Å². The lowest BCUT2D eigenvalue weighted by Gasteiger charge is -2.07. The molecule has 3 aromatic rings. The predicted molar refractivity (Wildman–Crippen MR) is 107 cm³/mol. The maximum atomic E-state index is 12.1. The van der Waals surface area contributed by atoms with Crippen LogP contribution in [0.1, 0.15) is 17.0 Å². The number of anilines is 1. The maximum Gasteiger partial charge on any atom is 0.322 e. The Labute approximate surface area is 168 Å². The van der Waals surface area contributed by atoms with Crippen molar-refractivity contribution in [2.45, 2.75) is 6.42 Å². The molecular formula is C21H21N3O5. The SMILES string of the molecule is COc1ccc(Cc2nnc(NC(=O)C=Cc3ccc(OC)c(OC)c3)o2)cc1. The predicted octanol–water partition coefficient (Wildman–Crippen LogP) is 3.34. The third-order valence-electron chi connectivity index (χ3n) is 4.05. The molecule has 0 unspecified atom stereocenters. The summed E-state index contributed by atoms with van der Waals surface area (Å²) in [4.78, 5) is 12.1. The van der Waals surface area contributed by atoms with Crippen LogP contribution in [0, 0.1) is 0 Å². The number of ether oxygens (including phenoxy) is 3. The van der Waals surface area contributed by atoms with Gasteiger partial charge in [0.05, 0.1) is 27.8 Å². The van der Waals surface area contributed by atoms with Gasteiger partial charge in [0.1, 0.15) is 5.75 Å². The molecule has 1 aromatic heterocycles. The Morgan fingerprint density at radius 2 is 1.76 bits per heavy atom. The molecule has 0 aliphatic carbocycles. The van der Waals surface area contributed by atoms with Crippen molar-refractivity contribution in [3.8, 4) is 17.2 Å². The minimum Gasteiger partial charge on any atom is -0.497 e. The van der Waals surface area contributed by atoms with Crippen LogP contribution in [0.25, 0.3) is 6.08 Å². The molecule has 3 rings (SSSR count). The third-order valence-corrected chi connectivity index (χ3v) is 4.05. The van der Waals surface area contributed by atoms with Crippen LogP contribution >= 0.6 is 0 Å². The largest absolute Gasteiger partial charge is 0.497 e. The zero-order chi connectivity index (χ0) is 20.6. The van der Waals surface area contributed by atoms with Crippen LogP contribution in [-0.4, -0.2) is 37.4 Å². The molecule has 0 aliphatic heterocycles. The average molecular weight is 395 g/mol. The Bertz CT molecular complexity index is 996. The molecule has 150 valence electrons. The number of amides is 1. The van der Waals surface area contributed by atoms with Crippen LogP contribution in [-0.2, 0) is 11.2 Å². The average Bonchev–Trinajstić information content (AvgIpc) is 3.19. The maximum absolute atomic E-state index is 12.1. The fourth-order valence-corrected chi connectivity index (χ4v) is 2.57. The van der Waals surface area contributed by atoms with Crippen LogP contribution in [0.3, 0.4) is 0 Å². The van der Waals surface area contributed by atoms with Crippen molar-refractivity contribution in [2.24, 2.45) is 0 Å². The van der Waals surface area contributed by atoms with Gasteiger partial charge in [-0.3, -0.25) is 10.1 Å². The van der Waals surface area contributed by atoms with E-state index in [1.165, 1.54) is 6.08 Å². The molecular weight excluding hydrogens is 374 g/mol. The first-order valence-corrected chi connectivity index (χ1v) is 8.77. The summed E-state index contributed by atoms with van der Waals surface area (Å²) in [6, 6.07) is 12.9. The fraction of sp³-hybridized carbons (Fsp3) is 0.190. The molecule has 1 heterocycles. The summed E-state index contributed by atoms with van der Waals surface area (Å²) in [5, 5.41) is 10.3. The van der Waals surface area contributed by atoms with Gasteiger partial charge in [0.2, 0.25) is 5.89 Å². The Morgan fingerprint density at radius 1 is 1.00 bits per heavy atom. The second kappa shape index (κ2) is 9.41. The van der Waals surface area contributed by atoms with Gasteiger partial charge in [0, 0.05) is 6.08 Å². The van der Waals surface area contributed by atoms with Crippen molar-refractivity contribution in [1.82, 2.24) is 10.2 Å². The van der Waals surface area contributed by atoms with Gasteiger partial charge in [-0.25, -0.2) is 0 Å². The molecule has 0 saturated heterocycles. The minimum absolute atomic E-state index is 0.0375. The van der Waals surface area contributed by atoms with Gasteiger partial charge in [0.15, 0.2) is 11.5 Å². The number of carbonyl (C=O) groups excluding carboxylic acids is 1. The Balaban J connectivity index is 1.59. The number of aromatic nitrogens is 2. The van der Waals surface area contributed by atoms with Crippen molar-refractivity contribution in [3.05, 3.63) is 65.6 Å². The number of hydrogen-bond acceptors (Lipinski definition) is 7. The highest BCUT2D eigenvalue weighted by Crippen LogP contribution is 2.28. The van der Waals surface area contributed by atoms with Crippen LogP contribution in [0.15, 0.2) is 53.0 Å². The van der Waals surface area contributed by atoms with Crippen molar-refractivity contribution < 1.29 is 23.4 Å². The van der Waals surface area contributed by atoms with Crippen LogP contribution in [0.4, 0.5) is 6.01 Å². The van der Waals surface area contributed by atoms with Crippen molar-refractivity contribution in [3.63, 3.8) is 0 Å². The van der Waals surface area contributed by atoms with Crippen LogP contribution < -0.4 is 19.5 Å². The summed E-state index contributed by atoms with van der Waals surface area (Å²) in [6.07, 6.45) is 3.47. The second-order valence-electron chi connectivity index (χ2n) is 5.96. The summed E-state index contributed by atoms with van der Waals surface area (Å²) in [5.41, 5.74) is 1.77. The number of nitrogens with zero attached hydrogens (tertiary/aromatic N) is 2. The highest BCUT2D eigenvalue weighted by molar-refractivity contribution is 6.00. The zero-order valence-corrected chi connectivity index (χ0v) is 16.3. The fourth-order valence-electron chi connectivity index (χ4n) is 2.57. The van der Waals surface area contributed by atoms with Gasteiger partial charge in [-0.2, -0.15) is 0 Å². The molecule has 1 amide bonds. The van der Waals surface area contributed by atoms with E-state index in [1.807, 2.05) is 30.3 Å². The number of hydrogen-bond donors (Lipinski definition) is 1. The molecule has 0 bridgehead atoms. The van der Waals surface area contributed by atoms with Gasteiger partial charge in [-0.05, 0) is 41.5 Å². The van der Waals surface area contributed by atoms with E-state index < -0.39 is 0 Å². The van der Waals surface area contributed by atoms with Crippen molar-refractivity contribution >= 4 is 18.0 Å². The molecule has 0 radical (unpaired) electrons. The molecule has 0 saturated carbocycles. The lowest BCUT2D eigenvalue weighted by atomic mass is 10.1. The molecule has 0 aliphatic rings. The summed E-state index contributed by atoms with van der Waals surface area (Å²) >= 11 is 0. The van der Waals surface area contributed by atoms with E-state index in [9.17, 15) is 4.79 Å².